The topological polar surface area (TPSA) is 78.6 Å². The molecule has 3 aromatic rings. The molecule has 0 spiro atoms. The zero-order valence-electron chi connectivity index (χ0n) is 19.2. The monoisotopic (exact) mass is 489 g/mol. The summed E-state index contributed by atoms with van der Waals surface area (Å²) in [6, 6.07) is 6.45. The summed E-state index contributed by atoms with van der Waals surface area (Å²) in [4.78, 5) is 19.2. The Hall–Kier alpha value is -2.12. The van der Waals surface area contributed by atoms with E-state index in [1.807, 2.05) is 7.05 Å². The molecule has 176 valence electrons. The van der Waals surface area contributed by atoms with Crippen LogP contribution >= 0.6 is 23.2 Å². The molecule has 1 fully saturated rings. The Morgan fingerprint density at radius 3 is 2.55 bits per heavy atom. The van der Waals surface area contributed by atoms with Gasteiger partial charge in [-0.1, -0.05) is 29.3 Å². The summed E-state index contributed by atoms with van der Waals surface area (Å²) in [5.74, 6) is -0.222. The molecule has 6 nitrogen and oxygen atoms in total. The first-order chi connectivity index (χ1) is 15.6. The number of carbonyl (C=O) groups is 1. The maximum absolute atomic E-state index is 13.2. The van der Waals surface area contributed by atoms with Crippen molar-refractivity contribution in [1.82, 2.24) is 14.5 Å². The van der Waals surface area contributed by atoms with Crippen LogP contribution < -0.4 is 0 Å². The molecule has 0 unspecified atom stereocenters. The van der Waals surface area contributed by atoms with E-state index in [0.717, 1.165) is 11.2 Å². The normalized spacial score (nSPS) is 15.9. The van der Waals surface area contributed by atoms with Gasteiger partial charge in [0.25, 0.3) is 5.91 Å². The molecule has 1 aliphatic heterocycles. The lowest BCUT2D eigenvalue weighted by atomic mass is 9.88. The van der Waals surface area contributed by atoms with E-state index in [2.05, 4.69) is 41.6 Å². The van der Waals surface area contributed by atoms with Crippen LogP contribution in [0.25, 0.3) is 10.9 Å². The first-order valence-electron chi connectivity index (χ1n) is 11.1. The van der Waals surface area contributed by atoms with E-state index in [1.54, 1.807) is 4.90 Å². The van der Waals surface area contributed by atoms with E-state index in [9.17, 15) is 9.90 Å². The Balaban J connectivity index is 1.62. The van der Waals surface area contributed by atoms with Crippen molar-refractivity contribution in [2.75, 3.05) is 19.7 Å². The molecule has 0 bridgehead atoms. The number of aromatic nitrogens is 2. The fourth-order valence-corrected chi connectivity index (χ4v) is 5.30. The minimum Gasteiger partial charge on any atom is -0.396 e. The standard InChI is InChI=1S/C25H29Cl2N3O3/c1-15-10-16(2)18-12-17(29(3)21(18)11-15)13-19-22(26)20(14-28-23(19)27)24(32)30-7-4-25(33,5-8-30)6-9-31/h10-12,14,31,33H,4-9,13H2,1-3H3. The highest BCUT2D eigenvalue weighted by molar-refractivity contribution is 6.37. The molecule has 0 saturated carbocycles. The van der Waals surface area contributed by atoms with Crippen molar-refractivity contribution >= 4 is 40.0 Å². The van der Waals surface area contributed by atoms with Gasteiger partial charge in [-0.05, 0) is 56.4 Å². The quantitative estimate of drug-likeness (QED) is 0.519. The van der Waals surface area contributed by atoms with E-state index in [1.165, 1.54) is 22.7 Å². The number of piperidine rings is 1. The Labute approximate surface area is 203 Å². The summed E-state index contributed by atoms with van der Waals surface area (Å²) in [7, 11) is 2.02. The number of aliphatic hydroxyl groups is 2. The van der Waals surface area contributed by atoms with E-state index < -0.39 is 5.60 Å². The number of pyridine rings is 1. The first kappa shape index (κ1) is 24.0. The molecule has 2 aromatic heterocycles. The van der Waals surface area contributed by atoms with Crippen LogP contribution in [0.2, 0.25) is 10.2 Å². The number of amides is 1. The number of hydrogen-bond acceptors (Lipinski definition) is 4. The zero-order valence-corrected chi connectivity index (χ0v) is 20.7. The molecule has 4 rings (SSSR count). The average Bonchev–Trinajstić information content (AvgIpc) is 3.07. The van der Waals surface area contributed by atoms with Gasteiger partial charge in [0.05, 0.1) is 16.2 Å². The van der Waals surface area contributed by atoms with Gasteiger partial charge < -0.3 is 19.7 Å². The van der Waals surface area contributed by atoms with Crippen LogP contribution in [0.3, 0.4) is 0 Å². The van der Waals surface area contributed by atoms with Crippen molar-refractivity contribution in [3.05, 3.63) is 62.5 Å². The smallest absolute Gasteiger partial charge is 0.256 e. The number of nitrogens with zero attached hydrogens (tertiary/aromatic N) is 3. The predicted molar refractivity (Wildman–Crippen MR) is 131 cm³/mol. The lowest BCUT2D eigenvalue weighted by Gasteiger charge is -2.38. The Morgan fingerprint density at radius 1 is 1.18 bits per heavy atom. The Kier molecular flexibility index (Phi) is 6.74. The van der Waals surface area contributed by atoms with Crippen molar-refractivity contribution in [3.8, 4) is 0 Å². The van der Waals surface area contributed by atoms with E-state index in [-0.39, 0.29) is 17.7 Å². The minimum absolute atomic E-state index is 0.0754. The summed E-state index contributed by atoms with van der Waals surface area (Å²) in [5.41, 5.74) is 4.58. The van der Waals surface area contributed by atoms with Crippen molar-refractivity contribution in [2.24, 2.45) is 7.05 Å². The Bertz CT molecular complexity index is 1210. The number of hydrogen-bond donors (Lipinski definition) is 2. The molecule has 1 aromatic carbocycles. The largest absolute Gasteiger partial charge is 0.396 e. The second-order valence-corrected chi connectivity index (χ2v) is 9.87. The first-order valence-corrected chi connectivity index (χ1v) is 11.9. The van der Waals surface area contributed by atoms with E-state index >= 15 is 0 Å². The van der Waals surface area contributed by atoms with Crippen LogP contribution in [0, 0.1) is 13.8 Å². The molecule has 1 amide bonds. The number of carbonyl (C=O) groups excluding carboxylic acids is 1. The average molecular weight is 490 g/mol. The van der Waals surface area contributed by atoms with Gasteiger partial charge in [-0.2, -0.15) is 0 Å². The maximum atomic E-state index is 13.2. The lowest BCUT2D eigenvalue weighted by Crippen LogP contribution is -2.47. The molecule has 8 heteroatoms. The van der Waals surface area contributed by atoms with Gasteiger partial charge in [0.2, 0.25) is 0 Å². The number of halogens is 2. The summed E-state index contributed by atoms with van der Waals surface area (Å²) in [6.07, 6.45) is 3.02. The van der Waals surface area contributed by atoms with Gasteiger partial charge in [0.1, 0.15) is 5.15 Å². The maximum Gasteiger partial charge on any atom is 0.256 e. The SMILES string of the molecule is Cc1cc(C)c2cc(Cc3c(Cl)ncc(C(=O)N4CCC(O)(CCO)CC4)c3Cl)n(C)c2c1. The molecule has 0 aliphatic carbocycles. The Morgan fingerprint density at radius 2 is 1.88 bits per heavy atom. The fourth-order valence-electron chi connectivity index (χ4n) is 4.75. The fraction of sp³-hybridized carbons (Fsp3) is 0.440. The molecule has 1 aliphatic rings. The summed E-state index contributed by atoms with van der Waals surface area (Å²) >= 11 is 13.2. The minimum atomic E-state index is -0.927. The third kappa shape index (κ3) is 4.62. The molecule has 0 radical (unpaired) electrons. The molecule has 1 saturated heterocycles. The third-order valence-electron chi connectivity index (χ3n) is 6.82. The van der Waals surface area contributed by atoms with Gasteiger partial charge in [-0.15, -0.1) is 0 Å². The number of likely N-dealkylation sites (tertiary alicyclic amines) is 1. The number of rotatable bonds is 5. The molecular weight excluding hydrogens is 461 g/mol. The van der Waals surface area contributed by atoms with E-state index in [0.29, 0.717) is 54.9 Å². The number of fused-ring (bicyclic) bond motifs is 1. The van der Waals surface area contributed by atoms with Crippen molar-refractivity contribution in [2.45, 2.75) is 45.1 Å². The summed E-state index contributed by atoms with van der Waals surface area (Å²) < 4.78 is 2.13. The second-order valence-electron chi connectivity index (χ2n) is 9.13. The van der Waals surface area contributed by atoms with Crippen molar-refractivity contribution < 1.29 is 15.0 Å². The van der Waals surface area contributed by atoms with Gasteiger partial charge in [-0.3, -0.25) is 4.79 Å². The molecule has 33 heavy (non-hydrogen) atoms. The van der Waals surface area contributed by atoms with Crippen molar-refractivity contribution in [3.63, 3.8) is 0 Å². The zero-order chi connectivity index (χ0) is 23.9. The highest BCUT2D eigenvalue weighted by Gasteiger charge is 2.34. The van der Waals surface area contributed by atoms with Gasteiger partial charge in [-0.25, -0.2) is 4.98 Å². The lowest BCUT2D eigenvalue weighted by molar-refractivity contribution is -0.0324. The van der Waals surface area contributed by atoms with Crippen LogP contribution in [0.15, 0.2) is 24.4 Å². The van der Waals surface area contributed by atoms with Crippen LogP contribution in [-0.2, 0) is 13.5 Å². The van der Waals surface area contributed by atoms with E-state index in [4.69, 9.17) is 28.3 Å². The van der Waals surface area contributed by atoms with Crippen LogP contribution in [0.5, 0.6) is 0 Å². The summed E-state index contributed by atoms with van der Waals surface area (Å²) in [6.45, 7) is 4.89. The van der Waals surface area contributed by atoms with Gasteiger partial charge >= 0.3 is 0 Å². The number of aryl methyl sites for hydroxylation is 3. The van der Waals surface area contributed by atoms with Gasteiger partial charge in [0.15, 0.2) is 0 Å². The van der Waals surface area contributed by atoms with Crippen LogP contribution in [0.1, 0.15) is 52.0 Å². The summed E-state index contributed by atoms with van der Waals surface area (Å²) in [5, 5.41) is 21.4. The highest BCUT2D eigenvalue weighted by atomic mass is 35.5. The molecular formula is C25H29Cl2N3O3. The number of aliphatic hydroxyl groups excluding tert-OH is 1. The predicted octanol–water partition coefficient (Wildman–Crippen LogP) is 4.44. The van der Waals surface area contributed by atoms with Gasteiger partial charge in [0, 0.05) is 61.5 Å². The third-order valence-corrected chi connectivity index (χ3v) is 7.57. The van der Waals surface area contributed by atoms with Crippen LogP contribution in [-0.4, -0.2) is 55.9 Å². The number of benzene rings is 1. The highest BCUT2D eigenvalue weighted by Crippen LogP contribution is 2.33. The van der Waals surface area contributed by atoms with Crippen LogP contribution in [0.4, 0.5) is 0 Å². The second kappa shape index (κ2) is 9.26. The molecule has 2 N–H and O–H groups in total. The van der Waals surface area contributed by atoms with Crippen molar-refractivity contribution in [1.29, 1.82) is 0 Å². The molecule has 3 heterocycles. The molecule has 0 atom stereocenters.